The Morgan fingerprint density at radius 1 is 1.55 bits per heavy atom. The number of imidazole rings is 1. The maximum atomic E-state index is 11.2. The highest BCUT2D eigenvalue weighted by molar-refractivity contribution is 5.77. The number of carbonyl (C=O) groups is 1. The maximum Gasteiger partial charge on any atom is 0.312 e. The number of benzene rings is 1. The molecule has 1 aliphatic rings. The van der Waals surface area contributed by atoms with E-state index in [0.717, 1.165) is 23.4 Å². The lowest BCUT2D eigenvalue weighted by molar-refractivity contribution is -0.138. The molecule has 5 nitrogen and oxygen atoms in total. The minimum atomic E-state index is -0.801. The molecule has 2 aromatic rings. The predicted molar refractivity (Wildman–Crippen MR) is 73.9 cm³/mol. The van der Waals surface area contributed by atoms with E-state index in [4.69, 9.17) is 4.74 Å². The lowest BCUT2D eigenvalue weighted by atomic mass is 10.1. The second-order valence-corrected chi connectivity index (χ2v) is 4.84. The molecule has 0 fully saturated rings. The Balaban J connectivity index is 1.94. The van der Waals surface area contributed by atoms with Crippen molar-refractivity contribution in [2.45, 2.75) is 25.7 Å². The number of aliphatic carboxylic acids is 1. The standard InChI is InChI=1S/C15H16N2O3/c1-2-20-10-5-3-4-9(8-10)14-16-12-7-6-11(15(18)19)13(12)17-14/h3-5,8,11H,2,6-7H2,1H3,(H,16,17)(H,18,19). The Morgan fingerprint density at radius 3 is 3.15 bits per heavy atom. The minimum absolute atomic E-state index is 0.481. The Morgan fingerprint density at radius 2 is 2.40 bits per heavy atom. The van der Waals surface area contributed by atoms with Crippen LogP contribution in [0.25, 0.3) is 11.4 Å². The number of aryl methyl sites for hydroxylation is 1. The molecule has 0 bridgehead atoms. The van der Waals surface area contributed by atoms with Crippen LogP contribution < -0.4 is 4.74 Å². The lowest BCUT2D eigenvalue weighted by Crippen LogP contribution is -2.08. The van der Waals surface area contributed by atoms with Crippen LogP contribution >= 0.6 is 0 Å². The molecule has 1 aromatic heterocycles. The van der Waals surface area contributed by atoms with Gasteiger partial charge in [-0.25, -0.2) is 4.98 Å². The van der Waals surface area contributed by atoms with Crippen LogP contribution in [0.2, 0.25) is 0 Å². The summed E-state index contributed by atoms with van der Waals surface area (Å²) >= 11 is 0. The van der Waals surface area contributed by atoms with Gasteiger partial charge in [0.25, 0.3) is 0 Å². The van der Waals surface area contributed by atoms with Gasteiger partial charge in [0.05, 0.1) is 12.3 Å². The van der Waals surface area contributed by atoms with Crippen LogP contribution in [0.15, 0.2) is 24.3 Å². The van der Waals surface area contributed by atoms with Crippen LogP contribution in [0.5, 0.6) is 5.75 Å². The second kappa shape index (κ2) is 5.00. The Kier molecular flexibility index (Phi) is 3.18. The lowest BCUT2D eigenvalue weighted by Gasteiger charge is -2.05. The Labute approximate surface area is 116 Å². The minimum Gasteiger partial charge on any atom is -0.494 e. The van der Waals surface area contributed by atoms with E-state index in [9.17, 15) is 9.90 Å². The number of aromatic nitrogens is 2. The number of carboxylic acid groups (broad SMARTS) is 1. The first kappa shape index (κ1) is 12.7. The molecule has 3 rings (SSSR count). The molecule has 0 saturated heterocycles. The van der Waals surface area contributed by atoms with Gasteiger partial charge in [0.1, 0.15) is 17.5 Å². The van der Waals surface area contributed by atoms with Crippen LogP contribution in [-0.4, -0.2) is 27.7 Å². The third-order valence-electron chi connectivity index (χ3n) is 3.54. The number of rotatable bonds is 4. The van der Waals surface area contributed by atoms with E-state index in [1.54, 1.807) is 0 Å². The molecule has 0 spiro atoms. The molecule has 1 aliphatic carbocycles. The summed E-state index contributed by atoms with van der Waals surface area (Å²) in [5.74, 6) is 0.216. The van der Waals surface area contributed by atoms with E-state index in [1.165, 1.54) is 0 Å². The summed E-state index contributed by atoms with van der Waals surface area (Å²) < 4.78 is 5.47. The molecule has 20 heavy (non-hydrogen) atoms. The molecule has 0 amide bonds. The smallest absolute Gasteiger partial charge is 0.312 e. The zero-order valence-electron chi connectivity index (χ0n) is 11.2. The van der Waals surface area contributed by atoms with Crippen molar-refractivity contribution in [1.29, 1.82) is 0 Å². The van der Waals surface area contributed by atoms with E-state index >= 15 is 0 Å². The number of fused-ring (bicyclic) bond motifs is 1. The monoisotopic (exact) mass is 272 g/mol. The highest BCUT2D eigenvalue weighted by Crippen LogP contribution is 2.34. The third-order valence-corrected chi connectivity index (χ3v) is 3.54. The molecule has 5 heteroatoms. The summed E-state index contributed by atoms with van der Waals surface area (Å²) in [4.78, 5) is 18.9. The highest BCUT2D eigenvalue weighted by Gasteiger charge is 2.32. The fourth-order valence-electron chi connectivity index (χ4n) is 2.60. The molecule has 1 heterocycles. The van der Waals surface area contributed by atoms with Gasteiger partial charge < -0.3 is 14.8 Å². The molecule has 2 N–H and O–H groups in total. The van der Waals surface area contributed by atoms with Crippen molar-refractivity contribution in [3.8, 4) is 17.1 Å². The summed E-state index contributed by atoms with van der Waals surface area (Å²) in [7, 11) is 0. The van der Waals surface area contributed by atoms with Gasteiger partial charge in [-0.3, -0.25) is 4.79 Å². The van der Waals surface area contributed by atoms with Crippen molar-refractivity contribution < 1.29 is 14.6 Å². The number of nitrogens with zero attached hydrogens (tertiary/aromatic N) is 1. The molecule has 104 valence electrons. The number of carboxylic acids is 1. The Hall–Kier alpha value is -2.30. The summed E-state index contributed by atoms with van der Waals surface area (Å²) in [5.41, 5.74) is 2.53. The van der Waals surface area contributed by atoms with Gasteiger partial charge >= 0.3 is 5.97 Å². The first-order valence-electron chi connectivity index (χ1n) is 6.74. The zero-order chi connectivity index (χ0) is 14.1. The number of ether oxygens (including phenoxy) is 1. The number of hydrogen-bond acceptors (Lipinski definition) is 3. The average Bonchev–Trinajstić information content (AvgIpc) is 2.98. The van der Waals surface area contributed by atoms with E-state index in [1.807, 2.05) is 31.2 Å². The van der Waals surface area contributed by atoms with Crippen LogP contribution in [0, 0.1) is 0 Å². The molecule has 1 unspecified atom stereocenters. The van der Waals surface area contributed by atoms with Crippen molar-refractivity contribution in [1.82, 2.24) is 9.97 Å². The Bertz CT molecular complexity index is 648. The largest absolute Gasteiger partial charge is 0.494 e. The predicted octanol–water partition coefficient (Wildman–Crippen LogP) is 2.59. The van der Waals surface area contributed by atoms with E-state index < -0.39 is 11.9 Å². The summed E-state index contributed by atoms with van der Waals surface area (Å²) in [6.45, 7) is 2.55. The quantitative estimate of drug-likeness (QED) is 0.897. The van der Waals surface area contributed by atoms with Crippen molar-refractivity contribution in [3.63, 3.8) is 0 Å². The van der Waals surface area contributed by atoms with Gasteiger partial charge in [0, 0.05) is 11.3 Å². The topological polar surface area (TPSA) is 75.2 Å². The average molecular weight is 272 g/mol. The van der Waals surface area contributed by atoms with Crippen molar-refractivity contribution in [2.24, 2.45) is 0 Å². The molecule has 1 aromatic carbocycles. The molecule has 0 aliphatic heterocycles. The molecular formula is C15H16N2O3. The van der Waals surface area contributed by atoms with Gasteiger partial charge in [0.15, 0.2) is 0 Å². The number of aromatic amines is 1. The van der Waals surface area contributed by atoms with Gasteiger partial charge in [-0.05, 0) is 31.9 Å². The molecular weight excluding hydrogens is 256 g/mol. The van der Waals surface area contributed by atoms with Crippen molar-refractivity contribution in [2.75, 3.05) is 6.61 Å². The van der Waals surface area contributed by atoms with Crippen molar-refractivity contribution >= 4 is 5.97 Å². The third kappa shape index (κ3) is 2.15. The summed E-state index contributed by atoms with van der Waals surface area (Å²) in [6.07, 6.45) is 1.37. The molecule has 0 saturated carbocycles. The van der Waals surface area contributed by atoms with Crippen LogP contribution in [0.3, 0.4) is 0 Å². The molecule has 1 atom stereocenters. The first-order chi connectivity index (χ1) is 9.69. The van der Waals surface area contributed by atoms with Gasteiger partial charge in [-0.2, -0.15) is 0 Å². The van der Waals surface area contributed by atoms with Gasteiger partial charge in [-0.1, -0.05) is 12.1 Å². The van der Waals surface area contributed by atoms with E-state index in [0.29, 0.717) is 24.5 Å². The van der Waals surface area contributed by atoms with Crippen molar-refractivity contribution in [3.05, 3.63) is 35.7 Å². The summed E-state index contributed by atoms with van der Waals surface area (Å²) in [6, 6.07) is 7.64. The number of H-pyrrole nitrogens is 1. The molecule has 0 radical (unpaired) electrons. The number of hydrogen-bond donors (Lipinski definition) is 2. The highest BCUT2D eigenvalue weighted by atomic mass is 16.5. The van der Waals surface area contributed by atoms with Crippen LogP contribution in [-0.2, 0) is 11.2 Å². The maximum absolute atomic E-state index is 11.2. The van der Waals surface area contributed by atoms with Gasteiger partial charge in [-0.15, -0.1) is 0 Å². The fourth-order valence-corrected chi connectivity index (χ4v) is 2.60. The normalized spacial score (nSPS) is 16.9. The zero-order valence-corrected chi connectivity index (χ0v) is 11.2. The summed E-state index contributed by atoms with van der Waals surface area (Å²) in [5, 5.41) is 9.18. The van der Waals surface area contributed by atoms with Crippen LogP contribution in [0.1, 0.15) is 30.7 Å². The fraction of sp³-hybridized carbons (Fsp3) is 0.333. The van der Waals surface area contributed by atoms with E-state index in [2.05, 4.69) is 9.97 Å². The first-order valence-corrected chi connectivity index (χ1v) is 6.74. The SMILES string of the molecule is CCOc1cccc(-c2nc3c([nH]2)CCC3C(=O)O)c1. The number of nitrogens with one attached hydrogen (secondary N) is 1. The van der Waals surface area contributed by atoms with Crippen LogP contribution in [0.4, 0.5) is 0 Å². The van der Waals surface area contributed by atoms with E-state index in [-0.39, 0.29) is 0 Å². The second-order valence-electron chi connectivity index (χ2n) is 4.84. The van der Waals surface area contributed by atoms with Gasteiger partial charge in [0.2, 0.25) is 0 Å².